The quantitative estimate of drug-likeness (QED) is 0.112. The zero-order valence-electron chi connectivity index (χ0n) is 24.0. The summed E-state index contributed by atoms with van der Waals surface area (Å²) in [4.78, 5) is 26.8. The Balaban J connectivity index is 1.54. The molecule has 2 heterocycles. The van der Waals surface area contributed by atoms with Gasteiger partial charge in [-0.15, -0.1) is 0 Å². The third-order valence-electron chi connectivity index (χ3n) is 8.22. The summed E-state index contributed by atoms with van der Waals surface area (Å²) in [5.41, 5.74) is 3.09. The van der Waals surface area contributed by atoms with Gasteiger partial charge >= 0.3 is 5.97 Å². The Labute approximate surface area is 241 Å². The molecule has 0 saturated carbocycles. The Morgan fingerprint density at radius 2 is 1.71 bits per heavy atom. The highest BCUT2D eigenvalue weighted by Gasteiger charge is 2.42. The number of ether oxygens (including phenoxy) is 1. The van der Waals surface area contributed by atoms with Gasteiger partial charge in [0.25, 0.3) is 12.3 Å². The highest BCUT2D eigenvalue weighted by Crippen LogP contribution is 2.54. The fourth-order valence-electron chi connectivity index (χ4n) is 6.35. The molecule has 0 amide bonds. The Hall–Kier alpha value is -4.39. The lowest BCUT2D eigenvalue weighted by atomic mass is 9.80. The first-order valence-electron chi connectivity index (χ1n) is 14.3. The van der Waals surface area contributed by atoms with Crippen LogP contribution in [0.4, 0.5) is 5.69 Å². The molecule has 2 aliphatic heterocycles. The molecule has 7 heteroatoms. The predicted molar refractivity (Wildman–Crippen MR) is 165 cm³/mol. The van der Waals surface area contributed by atoms with Gasteiger partial charge in [-0.05, 0) is 34.7 Å². The minimum absolute atomic E-state index is 0.0481. The van der Waals surface area contributed by atoms with Gasteiger partial charge in [0.15, 0.2) is 0 Å². The van der Waals surface area contributed by atoms with Crippen LogP contribution in [0.25, 0.3) is 21.5 Å². The fourth-order valence-corrected chi connectivity index (χ4v) is 6.35. The van der Waals surface area contributed by atoms with E-state index in [1.807, 2.05) is 18.2 Å². The number of fused-ring (bicyclic) bond motifs is 6. The lowest BCUT2D eigenvalue weighted by Crippen LogP contribution is -2.28. The topological polar surface area (TPSA) is 73.1 Å². The Morgan fingerprint density at radius 1 is 1.02 bits per heavy atom. The van der Waals surface area contributed by atoms with Crippen molar-refractivity contribution in [3.63, 3.8) is 0 Å². The van der Waals surface area contributed by atoms with E-state index in [1.54, 1.807) is 0 Å². The van der Waals surface area contributed by atoms with E-state index in [-0.39, 0.29) is 11.8 Å². The molecule has 0 spiro atoms. The number of carboxylic acid groups (broad SMARTS) is 1. The second-order valence-corrected chi connectivity index (χ2v) is 10.9. The normalized spacial score (nSPS) is 17.6. The summed E-state index contributed by atoms with van der Waals surface area (Å²) in [6.07, 6.45) is 10.4. The Bertz CT molecular complexity index is 1600. The van der Waals surface area contributed by atoms with Crippen LogP contribution >= 0.6 is 0 Å². The van der Waals surface area contributed by atoms with Crippen molar-refractivity contribution in [2.24, 2.45) is 0 Å². The first-order valence-corrected chi connectivity index (χ1v) is 14.3. The van der Waals surface area contributed by atoms with Gasteiger partial charge in [0.1, 0.15) is 26.2 Å². The third kappa shape index (κ3) is 5.36. The van der Waals surface area contributed by atoms with Gasteiger partial charge in [-0.3, -0.25) is 19.1 Å². The van der Waals surface area contributed by atoms with Crippen molar-refractivity contribution in [1.82, 2.24) is 4.90 Å². The summed E-state index contributed by atoms with van der Waals surface area (Å²) in [6, 6.07) is 16.9. The average molecular weight is 553 g/mol. The number of carbonyl (C=O) groups excluding carboxylic acids is 1. The van der Waals surface area contributed by atoms with Gasteiger partial charge in [0, 0.05) is 29.1 Å². The second kappa shape index (κ2) is 12.0. The van der Waals surface area contributed by atoms with E-state index in [9.17, 15) is 14.7 Å². The van der Waals surface area contributed by atoms with E-state index in [4.69, 9.17) is 4.74 Å². The monoisotopic (exact) mass is 552 g/mol. The maximum atomic E-state index is 11.7. The van der Waals surface area contributed by atoms with Crippen LogP contribution in [-0.2, 0) is 19.7 Å². The van der Waals surface area contributed by atoms with Crippen LogP contribution in [0.1, 0.15) is 32.8 Å². The maximum Gasteiger partial charge on any atom is 0.305 e. The number of carbonyl (C=O) groups is 2. The predicted octanol–water partition coefficient (Wildman–Crippen LogP) is 5.48. The molecule has 41 heavy (non-hydrogen) atoms. The van der Waals surface area contributed by atoms with Crippen molar-refractivity contribution in [2.45, 2.75) is 32.6 Å². The summed E-state index contributed by atoms with van der Waals surface area (Å²) in [5.74, 6) is 0.310. The molecule has 2 aliphatic rings. The van der Waals surface area contributed by atoms with Crippen molar-refractivity contribution in [3.05, 3.63) is 90.2 Å². The molecule has 0 unspecified atom stereocenters. The number of nitrogens with zero attached hydrogens (tertiary/aromatic N) is 3. The minimum atomic E-state index is -0.809. The first-order chi connectivity index (χ1) is 19.9. The summed E-state index contributed by atoms with van der Waals surface area (Å²) in [5, 5.41) is 14.3. The zero-order chi connectivity index (χ0) is 29.0. The Morgan fingerprint density at radius 3 is 2.39 bits per heavy atom. The zero-order valence-corrected chi connectivity index (χ0v) is 24.0. The van der Waals surface area contributed by atoms with Crippen molar-refractivity contribution in [1.29, 1.82) is 0 Å². The molecule has 0 saturated heterocycles. The van der Waals surface area contributed by atoms with E-state index in [2.05, 4.69) is 95.8 Å². The summed E-state index contributed by atoms with van der Waals surface area (Å²) >= 11 is 0. The molecule has 0 aliphatic carbocycles. The van der Waals surface area contributed by atoms with E-state index in [1.165, 1.54) is 21.7 Å². The fraction of sp³-hybridized carbons (Fsp3) is 0.324. The maximum absolute atomic E-state index is 11.7. The highest BCUT2D eigenvalue weighted by atomic mass is 16.5. The van der Waals surface area contributed by atoms with Crippen LogP contribution in [0.3, 0.4) is 0 Å². The molecule has 5 rings (SSSR count). The van der Waals surface area contributed by atoms with Crippen molar-refractivity contribution >= 4 is 45.5 Å². The van der Waals surface area contributed by atoms with Gasteiger partial charge in [0.05, 0.1) is 18.7 Å². The molecule has 0 aromatic heterocycles. The molecule has 1 N–H and O–H groups in total. The number of allylic oxidation sites excluding steroid dienone is 5. The number of likely N-dealkylation sites (N-methyl/N-ethyl adjacent to an activating group) is 1. The number of hydrogen-bond acceptors (Lipinski definition) is 5. The van der Waals surface area contributed by atoms with E-state index in [0.717, 1.165) is 42.2 Å². The van der Waals surface area contributed by atoms with E-state index < -0.39 is 5.97 Å². The van der Waals surface area contributed by atoms with Crippen LogP contribution < -0.4 is 4.90 Å². The minimum Gasteiger partial charge on any atom is -0.481 e. The third-order valence-corrected chi connectivity index (χ3v) is 8.22. The van der Waals surface area contributed by atoms with Crippen molar-refractivity contribution in [2.75, 3.05) is 44.2 Å². The van der Waals surface area contributed by atoms with Gasteiger partial charge in [-0.1, -0.05) is 80.6 Å². The number of anilines is 1. The van der Waals surface area contributed by atoms with Crippen LogP contribution in [0.5, 0.6) is 0 Å². The number of benzene rings is 3. The summed E-state index contributed by atoms with van der Waals surface area (Å²) in [6.45, 7) is 11.3. The number of aliphatic carboxylic acids is 1. The van der Waals surface area contributed by atoms with Crippen LogP contribution in [0.2, 0.25) is 0 Å². The van der Waals surface area contributed by atoms with Crippen LogP contribution in [0.15, 0.2) is 84.6 Å². The number of carboxylic acids is 1. The highest BCUT2D eigenvalue weighted by molar-refractivity contribution is 6.17. The lowest BCUT2D eigenvalue weighted by molar-refractivity contribution is -0.519. The first kappa shape index (κ1) is 28.1. The number of hydrogen-bond donors (Lipinski definition) is 1. The molecule has 3 aromatic rings. The SMILES string of the molecule is CCN1CC[N+](CCOC=O)=C1C=CC=CC=C1N(CCC(=O)O)c2c(c3ccccc3c3ccccc23)C1(C)C. The lowest BCUT2D eigenvalue weighted by Gasteiger charge is -2.26. The van der Waals surface area contributed by atoms with Gasteiger partial charge in [0.2, 0.25) is 0 Å². The van der Waals surface area contributed by atoms with Crippen molar-refractivity contribution < 1.29 is 24.0 Å². The van der Waals surface area contributed by atoms with Gasteiger partial charge in [-0.25, -0.2) is 0 Å². The summed E-state index contributed by atoms with van der Waals surface area (Å²) in [7, 11) is 0. The van der Waals surface area contributed by atoms with E-state index >= 15 is 0 Å². The molecule has 0 bridgehead atoms. The smallest absolute Gasteiger partial charge is 0.305 e. The number of rotatable bonds is 11. The van der Waals surface area contributed by atoms with Gasteiger partial charge in [-0.2, -0.15) is 0 Å². The molecular formula is C34H38N3O4+. The number of amidine groups is 1. The largest absolute Gasteiger partial charge is 0.481 e. The van der Waals surface area contributed by atoms with E-state index in [0.29, 0.717) is 26.2 Å². The summed E-state index contributed by atoms with van der Waals surface area (Å²) < 4.78 is 7.15. The van der Waals surface area contributed by atoms with Crippen LogP contribution in [-0.4, -0.2) is 72.2 Å². The van der Waals surface area contributed by atoms with Crippen molar-refractivity contribution in [3.8, 4) is 0 Å². The van der Waals surface area contributed by atoms with Crippen LogP contribution in [0, 0.1) is 0 Å². The average Bonchev–Trinajstić information content (AvgIpc) is 3.46. The second-order valence-electron chi connectivity index (χ2n) is 10.9. The Kier molecular flexibility index (Phi) is 8.24. The van der Waals surface area contributed by atoms with Gasteiger partial charge < -0.3 is 14.7 Å². The molecule has 3 aromatic carbocycles. The molecule has 7 nitrogen and oxygen atoms in total. The molecule has 0 radical (unpaired) electrons. The molecule has 0 atom stereocenters. The molecule has 212 valence electrons. The molecule has 0 fully saturated rings. The molecular weight excluding hydrogens is 514 g/mol. The standard InChI is InChI=1S/C34H37N3O4/c1-4-35-20-21-36(22-23-41-24-38)30(35)17-7-5-6-16-29-34(2,3)32-27-14-10-8-12-25(27)26-13-9-11-15-28(26)33(32)37(29)19-18-31(39)40/h5-17,24H,4,18-23H2,1-3H3/p+1.